The van der Waals surface area contributed by atoms with Gasteiger partial charge in [0.1, 0.15) is 5.56 Å². The average molecular weight is 280 g/mol. The van der Waals surface area contributed by atoms with Gasteiger partial charge in [-0.2, -0.15) is 0 Å². The first-order chi connectivity index (χ1) is 9.27. The Hall–Kier alpha value is -2.11. The second kappa shape index (κ2) is 6.36. The number of carboxylic acid groups (broad SMARTS) is 1. The fourth-order valence-electron chi connectivity index (χ4n) is 1.55. The van der Waals surface area contributed by atoms with E-state index in [0.717, 1.165) is 5.69 Å². The molecule has 0 unspecified atom stereocenters. The maximum Gasteiger partial charge on any atom is 0.309 e. The maximum absolute atomic E-state index is 12.0. The molecule has 1 amide bonds. The Morgan fingerprint density at radius 3 is 2.60 bits per heavy atom. The summed E-state index contributed by atoms with van der Waals surface area (Å²) < 4.78 is 5.07. The van der Waals surface area contributed by atoms with Crippen LogP contribution in [-0.4, -0.2) is 35.6 Å². The van der Waals surface area contributed by atoms with Crippen molar-refractivity contribution in [2.45, 2.75) is 27.2 Å². The third-order valence-corrected chi connectivity index (χ3v) is 3.05. The second-order valence-electron chi connectivity index (χ2n) is 5.20. The monoisotopic (exact) mass is 280 g/mol. The molecule has 2 N–H and O–H groups in total. The molecule has 0 aliphatic heterocycles. The number of ether oxygens (including phenoxy) is 1. The Morgan fingerprint density at radius 1 is 1.40 bits per heavy atom. The molecule has 0 atom stereocenters. The van der Waals surface area contributed by atoms with Crippen LogP contribution in [0, 0.1) is 12.3 Å². The number of nitrogens with one attached hydrogen (secondary N) is 1. The van der Waals surface area contributed by atoms with Gasteiger partial charge in [0.2, 0.25) is 5.88 Å². The highest BCUT2D eigenvalue weighted by atomic mass is 16.5. The predicted molar refractivity (Wildman–Crippen MR) is 73.9 cm³/mol. The molecule has 20 heavy (non-hydrogen) atoms. The molecular weight excluding hydrogens is 260 g/mol. The van der Waals surface area contributed by atoms with E-state index in [1.54, 1.807) is 32.9 Å². The number of hydrogen-bond acceptors (Lipinski definition) is 4. The SMILES string of the molecule is COc1nc(C)ccc1C(=O)NCCC(C)(C)C(=O)O. The van der Waals surface area contributed by atoms with Crippen molar-refractivity contribution in [1.29, 1.82) is 0 Å². The first-order valence-electron chi connectivity index (χ1n) is 6.31. The number of aliphatic carboxylic acids is 1. The molecule has 0 aliphatic carbocycles. The molecule has 0 spiro atoms. The number of rotatable bonds is 6. The first-order valence-corrected chi connectivity index (χ1v) is 6.31. The van der Waals surface area contributed by atoms with Crippen molar-refractivity contribution in [3.63, 3.8) is 0 Å². The minimum absolute atomic E-state index is 0.264. The lowest BCUT2D eigenvalue weighted by Crippen LogP contribution is -2.32. The molecule has 1 aromatic rings. The average Bonchev–Trinajstić information content (AvgIpc) is 2.37. The van der Waals surface area contributed by atoms with Gasteiger partial charge < -0.3 is 15.2 Å². The fraction of sp³-hybridized carbons (Fsp3) is 0.500. The Morgan fingerprint density at radius 2 is 2.05 bits per heavy atom. The van der Waals surface area contributed by atoms with E-state index in [4.69, 9.17) is 9.84 Å². The van der Waals surface area contributed by atoms with Gasteiger partial charge in [0.25, 0.3) is 5.91 Å². The van der Waals surface area contributed by atoms with Gasteiger partial charge in [-0.25, -0.2) is 4.98 Å². The Kier molecular flexibility index (Phi) is 5.07. The number of aromatic nitrogens is 1. The fourth-order valence-corrected chi connectivity index (χ4v) is 1.55. The summed E-state index contributed by atoms with van der Waals surface area (Å²) in [5.74, 6) is -0.947. The number of carbonyl (C=O) groups excluding carboxylic acids is 1. The lowest BCUT2D eigenvalue weighted by atomic mass is 9.90. The summed E-state index contributed by atoms with van der Waals surface area (Å²) in [7, 11) is 1.45. The highest BCUT2D eigenvalue weighted by Gasteiger charge is 2.26. The van der Waals surface area contributed by atoms with Gasteiger partial charge >= 0.3 is 5.97 Å². The van der Waals surface area contributed by atoms with Gasteiger partial charge in [-0.05, 0) is 39.3 Å². The lowest BCUT2D eigenvalue weighted by molar-refractivity contribution is -0.147. The van der Waals surface area contributed by atoms with E-state index in [1.165, 1.54) is 7.11 Å². The van der Waals surface area contributed by atoms with Gasteiger partial charge in [0.05, 0.1) is 12.5 Å². The zero-order valence-electron chi connectivity index (χ0n) is 12.2. The van der Waals surface area contributed by atoms with Crippen LogP contribution in [0.1, 0.15) is 36.3 Å². The van der Waals surface area contributed by atoms with Crippen LogP contribution in [0.3, 0.4) is 0 Å². The second-order valence-corrected chi connectivity index (χ2v) is 5.20. The zero-order valence-corrected chi connectivity index (χ0v) is 12.2. The zero-order chi connectivity index (χ0) is 15.3. The van der Waals surface area contributed by atoms with Crippen LogP contribution in [0.15, 0.2) is 12.1 Å². The highest BCUT2D eigenvalue weighted by molar-refractivity contribution is 5.96. The molecule has 0 fully saturated rings. The molecule has 1 heterocycles. The van der Waals surface area contributed by atoms with Crippen LogP contribution >= 0.6 is 0 Å². The molecule has 6 heteroatoms. The quantitative estimate of drug-likeness (QED) is 0.826. The molecule has 0 radical (unpaired) electrons. The van der Waals surface area contributed by atoms with E-state index in [1.807, 2.05) is 0 Å². The number of hydrogen-bond donors (Lipinski definition) is 2. The van der Waals surface area contributed by atoms with Crippen molar-refractivity contribution in [3.8, 4) is 5.88 Å². The molecule has 0 aromatic carbocycles. The summed E-state index contributed by atoms with van der Waals surface area (Å²) in [6.07, 6.45) is 0.343. The van der Waals surface area contributed by atoms with E-state index in [-0.39, 0.29) is 18.3 Å². The van der Waals surface area contributed by atoms with Gasteiger partial charge in [-0.15, -0.1) is 0 Å². The van der Waals surface area contributed by atoms with Gasteiger partial charge in [0, 0.05) is 12.2 Å². The Bertz CT molecular complexity index is 512. The molecule has 1 rings (SSSR count). The summed E-state index contributed by atoms with van der Waals surface area (Å²) >= 11 is 0. The van der Waals surface area contributed by atoms with Crippen molar-refractivity contribution in [3.05, 3.63) is 23.4 Å². The van der Waals surface area contributed by atoms with Crippen molar-refractivity contribution in [2.75, 3.05) is 13.7 Å². The van der Waals surface area contributed by atoms with E-state index in [0.29, 0.717) is 12.0 Å². The molecule has 110 valence electrons. The number of carbonyl (C=O) groups is 2. The smallest absolute Gasteiger partial charge is 0.309 e. The van der Waals surface area contributed by atoms with Crippen LogP contribution in [0.4, 0.5) is 0 Å². The number of methoxy groups -OCH3 is 1. The van der Waals surface area contributed by atoms with Crippen LogP contribution in [0.25, 0.3) is 0 Å². The topological polar surface area (TPSA) is 88.5 Å². The Labute approximate surface area is 118 Å². The molecule has 6 nitrogen and oxygen atoms in total. The van der Waals surface area contributed by atoms with Crippen LogP contribution in [0.2, 0.25) is 0 Å². The normalized spacial score (nSPS) is 11.0. The summed E-state index contributed by atoms with van der Waals surface area (Å²) in [5, 5.41) is 11.7. The standard InChI is InChI=1S/C14H20N2O4/c1-9-5-6-10(12(16-9)20-4)11(17)15-8-7-14(2,3)13(18)19/h5-6H,7-8H2,1-4H3,(H,15,17)(H,18,19). The number of carboxylic acids is 1. The minimum atomic E-state index is -0.888. The van der Waals surface area contributed by atoms with Gasteiger partial charge in [0.15, 0.2) is 0 Å². The third kappa shape index (κ3) is 3.94. The molecule has 0 bridgehead atoms. The summed E-state index contributed by atoms with van der Waals surface area (Å²) in [6.45, 7) is 5.32. The Balaban J connectivity index is 2.66. The first kappa shape index (κ1) is 15.9. The van der Waals surface area contributed by atoms with Crippen molar-refractivity contribution in [1.82, 2.24) is 10.3 Å². The molecular formula is C14H20N2O4. The van der Waals surface area contributed by atoms with E-state index < -0.39 is 11.4 Å². The largest absolute Gasteiger partial charge is 0.481 e. The van der Waals surface area contributed by atoms with Crippen LogP contribution in [-0.2, 0) is 4.79 Å². The van der Waals surface area contributed by atoms with Crippen molar-refractivity contribution in [2.24, 2.45) is 5.41 Å². The number of pyridine rings is 1. The molecule has 0 saturated carbocycles. The number of aryl methyl sites for hydroxylation is 1. The summed E-state index contributed by atoms with van der Waals surface area (Å²) in [5.41, 5.74) is 0.222. The van der Waals surface area contributed by atoms with Crippen molar-refractivity contribution < 1.29 is 19.4 Å². The minimum Gasteiger partial charge on any atom is -0.481 e. The summed E-state index contributed by atoms with van der Waals surface area (Å²) in [6, 6.07) is 3.36. The van der Waals surface area contributed by atoms with E-state index in [2.05, 4.69) is 10.3 Å². The number of amides is 1. The molecule has 0 saturated heterocycles. The van der Waals surface area contributed by atoms with Gasteiger partial charge in [-0.1, -0.05) is 0 Å². The third-order valence-electron chi connectivity index (χ3n) is 3.05. The van der Waals surface area contributed by atoms with Gasteiger partial charge in [-0.3, -0.25) is 9.59 Å². The van der Waals surface area contributed by atoms with Crippen molar-refractivity contribution >= 4 is 11.9 Å². The van der Waals surface area contributed by atoms with E-state index in [9.17, 15) is 9.59 Å². The molecule has 1 aromatic heterocycles. The van der Waals surface area contributed by atoms with Crippen LogP contribution < -0.4 is 10.1 Å². The van der Waals surface area contributed by atoms with E-state index >= 15 is 0 Å². The number of nitrogens with zero attached hydrogens (tertiary/aromatic N) is 1. The summed E-state index contributed by atoms with van der Waals surface area (Å²) in [4.78, 5) is 27.1. The lowest BCUT2D eigenvalue weighted by Gasteiger charge is -2.19. The maximum atomic E-state index is 12.0. The van der Waals surface area contributed by atoms with Crippen LogP contribution in [0.5, 0.6) is 5.88 Å². The molecule has 0 aliphatic rings. The predicted octanol–water partition coefficient (Wildman–Crippen LogP) is 1.63. The highest BCUT2D eigenvalue weighted by Crippen LogP contribution is 2.20.